The standard InChI is InChI=1S/C41H37N3O4/c1-3-24-23-44-19-17-26(24)21-35(44)39(31-16-18-42-34-14-13-28(48-2)22-32(31)34)43-41(47)33-20-27-9-5-7-11-30(27)38(40(33)46)37-29-10-6-4-8-25(29)12-15-36(37)45/h3-16,18,20,22,24,26,35,39,45-46H,1,17,19,21,23H2,2H3,(H,43,47)/t24?,26?,35-,39-/m0/s1. The maximum atomic E-state index is 14.6. The number of amides is 1. The van der Waals surface area contributed by atoms with Crippen LogP contribution in [0.4, 0.5) is 0 Å². The summed E-state index contributed by atoms with van der Waals surface area (Å²) in [7, 11) is 1.64. The summed E-state index contributed by atoms with van der Waals surface area (Å²) in [6, 6.07) is 28.1. The van der Waals surface area contributed by atoms with E-state index in [-0.39, 0.29) is 29.0 Å². The summed E-state index contributed by atoms with van der Waals surface area (Å²) in [4.78, 5) is 21.7. The van der Waals surface area contributed by atoms with Crippen molar-refractivity contribution in [2.45, 2.75) is 24.9 Å². The Morgan fingerprint density at radius 3 is 2.48 bits per heavy atom. The molecule has 3 N–H and O–H groups in total. The normalized spacial score (nSPS) is 20.9. The van der Waals surface area contributed by atoms with Crippen molar-refractivity contribution in [1.82, 2.24) is 15.2 Å². The lowest BCUT2D eigenvalue weighted by Crippen LogP contribution is -2.57. The molecule has 1 amide bonds. The molecule has 3 fully saturated rings. The molecule has 3 unspecified atom stereocenters. The van der Waals surface area contributed by atoms with Crippen LogP contribution in [0.3, 0.4) is 0 Å². The molecule has 48 heavy (non-hydrogen) atoms. The number of phenolic OH excluding ortho intramolecular Hbond substituents is 2. The number of rotatable bonds is 7. The SMILES string of the molecule is C=CC1CN2CCC1C[C@H]2[C@@H](NC(=O)c1cc2ccccc2c(-c2c(O)ccc3ccccc23)c1O)c1ccnc2ccc(OC)cc12. The Morgan fingerprint density at radius 1 is 0.958 bits per heavy atom. The molecule has 4 heterocycles. The van der Waals surface area contributed by atoms with Crippen LogP contribution in [0, 0.1) is 11.8 Å². The lowest BCUT2D eigenvalue weighted by Gasteiger charge is -2.51. The minimum absolute atomic E-state index is 0.0320. The van der Waals surface area contributed by atoms with Gasteiger partial charge in [0.25, 0.3) is 5.91 Å². The Labute approximate surface area is 279 Å². The Morgan fingerprint density at radius 2 is 1.73 bits per heavy atom. The maximum Gasteiger partial charge on any atom is 0.255 e. The van der Waals surface area contributed by atoms with Gasteiger partial charge in [-0.05, 0) is 94.7 Å². The molecule has 0 radical (unpaired) electrons. The number of aromatic nitrogens is 1. The minimum atomic E-state index is -0.399. The summed E-state index contributed by atoms with van der Waals surface area (Å²) >= 11 is 0. The molecule has 0 aliphatic carbocycles. The van der Waals surface area contributed by atoms with Gasteiger partial charge >= 0.3 is 0 Å². The number of benzene rings is 5. The highest BCUT2D eigenvalue weighted by Crippen LogP contribution is 2.47. The Kier molecular flexibility index (Phi) is 7.49. The molecule has 3 saturated heterocycles. The molecule has 6 aromatic rings. The molecule has 7 nitrogen and oxygen atoms in total. The van der Waals surface area contributed by atoms with Gasteiger partial charge in [-0.2, -0.15) is 0 Å². The molecule has 5 atom stereocenters. The van der Waals surface area contributed by atoms with Crippen LogP contribution < -0.4 is 10.1 Å². The fourth-order valence-corrected chi connectivity index (χ4v) is 8.15. The van der Waals surface area contributed by atoms with E-state index in [2.05, 4.69) is 27.9 Å². The van der Waals surface area contributed by atoms with Crippen LogP contribution in [0.1, 0.15) is 34.8 Å². The maximum absolute atomic E-state index is 14.6. The van der Waals surface area contributed by atoms with E-state index in [9.17, 15) is 15.0 Å². The molecule has 2 bridgehead atoms. The van der Waals surface area contributed by atoms with Crippen molar-refractivity contribution in [2.24, 2.45) is 11.8 Å². The highest BCUT2D eigenvalue weighted by molar-refractivity contribution is 6.14. The van der Waals surface area contributed by atoms with Gasteiger partial charge in [-0.3, -0.25) is 14.7 Å². The summed E-state index contributed by atoms with van der Waals surface area (Å²) in [6.45, 7) is 5.95. The first kappa shape index (κ1) is 30.0. The van der Waals surface area contributed by atoms with Gasteiger partial charge in [0.05, 0.1) is 24.2 Å². The number of methoxy groups -OCH3 is 1. The zero-order valence-electron chi connectivity index (χ0n) is 26.8. The van der Waals surface area contributed by atoms with Crippen LogP contribution >= 0.6 is 0 Å². The molecule has 3 aliphatic heterocycles. The van der Waals surface area contributed by atoms with Gasteiger partial charge < -0.3 is 20.3 Å². The van der Waals surface area contributed by atoms with Gasteiger partial charge in [-0.15, -0.1) is 6.58 Å². The first-order chi connectivity index (χ1) is 23.4. The van der Waals surface area contributed by atoms with E-state index in [0.717, 1.165) is 63.9 Å². The van der Waals surface area contributed by atoms with E-state index in [1.807, 2.05) is 78.9 Å². The zero-order chi connectivity index (χ0) is 32.9. The van der Waals surface area contributed by atoms with Crippen molar-refractivity contribution in [3.8, 4) is 28.4 Å². The number of aromatic hydroxyl groups is 2. The fourth-order valence-electron chi connectivity index (χ4n) is 8.15. The molecular weight excluding hydrogens is 598 g/mol. The van der Waals surface area contributed by atoms with Crippen molar-refractivity contribution in [2.75, 3.05) is 20.2 Å². The molecule has 0 saturated carbocycles. The van der Waals surface area contributed by atoms with Crippen LogP contribution in [0.5, 0.6) is 17.2 Å². The van der Waals surface area contributed by atoms with Gasteiger partial charge in [0.1, 0.15) is 17.2 Å². The monoisotopic (exact) mass is 635 g/mol. The lowest BCUT2D eigenvalue weighted by atomic mass is 9.73. The van der Waals surface area contributed by atoms with E-state index in [1.165, 1.54) is 0 Å². The van der Waals surface area contributed by atoms with E-state index in [1.54, 1.807) is 25.4 Å². The third-order valence-corrected chi connectivity index (χ3v) is 10.6. The summed E-state index contributed by atoms with van der Waals surface area (Å²) < 4.78 is 5.59. The summed E-state index contributed by atoms with van der Waals surface area (Å²) in [6.07, 6.45) is 5.88. The van der Waals surface area contributed by atoms with Crippen molar-refractivity contribution in [1.29, 1.82) is 0 Å². The molecule has 1 aromatic heterocycles. The van der Waals surface area contributed by atoms with Crippen LogP contribution in [0.2, 0.25) is 0 Å². The van der Waals surface area contributed by atoms with E-state index in [0.29, 0.717) is 28.7 Å². The molecular formula is C41H37N3O4. The van der Waals surface area contributed by atoms with Gasteiger partial charge in [-0.25, -0.2) is 0 Å². The number of carbonyl (C=O) groups is 1. The van der Waals surface area contributed by atoms with Gasteiger partial charge in [0, 0.05) is 35.3 Å². The fraction of sp³-hybridized carbons (Fsp3) is 0.220. The van der Waals surface area contributed by atoms with Crippen molar-refractivity contribution in [3.63, 3.8) is 0 Å². The van der Waals surface area contributed by atoms with E-state index in [4.69, 9.17) is 4.74 Å². The highest BCUT2D eigenvalue weighted by atomic mass is 16.5. The predicted molar refractivity (Wildman–Crippen MR) is 190 cm³/mol. The van der Waals surface area contributed by atoms with Crippen LogP contribution in [-0.4, -0.2) is 52.2 Å². The number of hydrogen-bond acceptors (Lipinski definition) is 6. The van der Waals surface area contributed by atoms with E-state index >= 15 is 0 Å². The molecule has 240 valence electrons. The van der Waals surface area contributed by atoms with Crippen molar-refractivity contribution in [3.05, 3.63) is 121 Å². The van der Waals surface area contributed by atoms with Crippen LogP contribution in [0.25, 0.3) is 43.6 Å². The number of fused-ring (bicyclic) bond motifs is 6. The summed E-state index contributed by atoms with van der Waals surface area (Å²) in [5.41, 5.74) is 2.84. The van der Waals surface area contributed by atoms with Crippen molar-refractivity contribution >= 4 is 38.4 Å². The van der Waals surface area contributed by atoms with Crippen LogP contribution in [0.15, 0.2) is 110 Å². The van der Waals surface area contributed by atoms with Crippen LogP contribution in [-0.2, 0) is 0 Å². The number of hydrogen-bond donors (Lipinski definition) is 3. The largest absolute Gasteiger partial charge is 0.507 e. The number of ether oxygens (including phenoxy) is 1. The number of carbonyl (C=O) groups excluding carboxylic acids is 1. The second kappa shape index (κ2) is 12.0. The number of nitrogens with zero attached hydrogens (tertiary/aromatic N) is 2. The zero-order valence-corrected chi connectivity index (χ0v) is 26.8. The average molecular weight is 636 g/mol. The Balaban J connectivity index is 1.29. The third kappa shape index (κ3) is 4.93. The van der Waals surface area contributed by atoms with Gasteiger partial charge in [-0.1, -0.05) is 60.7 Å². The molecule has 3 aliphatic rings. The first-order valence-electron chi connectivity index (χ1n) is 16.5. The third-order valence-electron chi connectivity index (χ3n) is 10.6. The molecule has 9 rings (SSSR count). The number of phenols is 2. The summed E-state index contributed by atoms with van der Waals surface area (Å²) in [5, 5.41) is 30.9. The minimum Gasteiger partial charge on any atom is -0.507 e. The number of piperidine rings is 3. The number of nitrogens with one attached hydrogen (secondary N) is 1. The average Bonchev–Trinajstić information content (AvgIpc) is 3.13. The Hall–Kier alpha value is -5.40. The molecule has 5 aromatic carbocycles. The topological polar surface area (TPSA) is 94.9 Å². The predicted octanol–water partition coefficient (Wildman–Crippen LogP) is 8.00. The smallest absolute Gasteiger partial charge is 0.255 e. The molecule has 7 heteroatoms. The van der Waals surface area contributed by atoms with Crippen molar-refractivity contribution < 1.29 is 19.7 Å². The molecule has 0 spiro atoms. The highest BCUT2D eigenvalue weighted by Gasteiger charge is 2.43. The first-order valence-corrected chi connectivity index (χ1v) is 16.5. The quantitative estimate of drug-likeness (QED) is 0.154. The Bertz CT molecular complexity index is 2230. The second-order valence-electron chi connectivity index (χ2n) is 13.0. The second-order valence-corrected chi connectivity index (χ2v) is 13.0. The van der Waals surface area contributed by atoms with E-state index < -0.39 is 6.04 Å². The lowest BCUT2D eigenvalue weighted by molar-refractivity contribution is 0.00169. The van der Waals surface area contributed by atoms with Gasteiger partial charge in [0.2, 0.25) is 0 Å². The van der Waals surface area contributed by atoms with Gasteiger partial charge in [0.15, 0.2) is 0 Å². The summed E-state index contributed by atoms with van der Waals surface area (Å²) in [5.74, 6) is 1.08. The number of pyridine rings is 1.